The highest BCUT2D eigenvalue weighted by molar-refractivity contribution is 6.31. The molecule has 1 rings (SSSR count). The molecular formula is C13H15ClN2O. The van der Waals surface area contributed by atoms with Crippen LogP contribution in [0.4, 0.5) is 5.69 Å². The first-order valence-electron chi connectivity index (χ1n) is 5.42. The first-order chi connectivity index (χ1) is 7.90. The third-order valence-electron chi connectivity index (χ3n) is 2.85. The molecule has 0 aromatic heterocycles. The van der Waals surface area contributed by atoms with Crippen LogP contribution in [0.3, 0.4) is 0 Å². The van der Waals surface area contributed by atoms with Crippen LogP contribution < -0.4 is 5.32 Å². The fraction of sp³-hybridized carbons (Fsp3) is 0.385. The molecule has 0 spiro atoms. The normalized spacial score (nSPS) is 10.8. The first-order valence-corrected chi connectivity index (χ1v) is 5.79. The SMILES string of the molecule is CCC(C)(C)C(=O)Nc1cc(Cl)ccc1C#N. The third kappa shape index (κ3) is 3.21. The molecule has 17 heavy (non-hydrogen) atoms. The predicted octanol–water partition coefficient (Wildman–Crippen LogP) is 3.59. The lowest BCUT2D eigenvalue weighted by Crippen LogP contribution is -2.30. The van der Waals surface area contributed by atoms with E-state index in [4.69, 9.17) is 16.9 Å². The van der Waals surface area contributed by atoms with Gasteiger partial charge in [-0.2, -0.15) is 5.26 Å². The van der Waals surface area contributed by atoms with Crippen LogP contribution in [0.1, 0.15) is 32.8 Å². The van der Waals surface area contributed by atoms with E-state index in [-0.39, 0.29) is 5.91 Å². The molecule has 0 heterocycles. The topological polar surface area (TPSA) is 52.9 Å². The zero-order valence-corrected chi connectivity index (χ0v) is 10.9. The Morgan fingerprint density at radius 2 is 2.18 bits per heavy atom. The number of amides is 1. The Morgan fingerprint density at radius 3 is 2.71 bits per heavy atom. The number of hydrogen-bond donors (Lipinski definition) is 1. The highest BCUT2D eigenvalue weighted by Crippen LogP contribution is 2.25. The van der Waals surface area contributed by atoms with Gasteiger partial charge < -0.3 is 5.32 Å². The molecular weight excluding hydrogens is 236 g/mol. The lowest BCUT2D eigenvalue weighted by Gasteiger charge is -2.21. The van der Waals surface area contributed by atoms with Crippen LogP contribution in [-0.4, -0.2) is 5.91 Å². The van der Waals surface area contributed by atoms with E-state index in [1.807, 2.05) is 26.8 Å². The van der Waals surface area contributed by atoms with Gasteiger partial charge in [0.1, 0.15) is 6.07 Å². The van der Waals surface area contributed by atoms with Gasteiger partial charge >= 0.3 is 0 Å². The predicted molar refractivity (Wildman–Crippen MR) is 68.9 cm³/mol. The van der Waals surface area contributed by atoms with Crippen molar-refractivity contribution in [2.45, 2.75) is 27.2 Å². The lowest BCUT2D eigenvalue weighted by atomic mass is 9.89. The van der Waals surface area contributed by atoms with Gasteiger partial charge in [-0.25, -0.2) is 0 Å². The van der Waals surface area contributed by atoms with E-state index in [1.54, 1.807) is 18.2 Å². The van der Waals surface area contributed by atoms with Gasteiger partial charge in [0.05, 0.1) is 11.3 Å². The zero-order chi connectivity index (χ0) is 13.1. The maximum Gasteiger partial charge on any atom is 0.230 e. The second-order valence-electron chi connectivity index (χ2n) is 4.49. The smallest absolute Gasteiger partial charge is 0.230 e. The van der Waals surface area contributed by atoms with Crippen LogP contribution in [0.5, 0.6) is 0 Å². The molecule has 90 valence electrons. The van der Waals surface area contributed by atoms with Crippen molar-refractivity contribution in [3.8, 4) is 6.07 Å². The standard InChI is InChI=1S/C13H15ClN2O/c1-4-13(2,3)12(17)16-11-7-10(14)6-5-9(11)8-15/h5-7H,4H2,1-3H3,(H,16,17). The minimum Gasteiger partial charge on any atom is -0.324 e. The number of nitrogens with zero attached hydrogens (tertiary/aromatic N) is 1. The molecule has 0 radical (unpaired) electrons. The van der Waals surface area contributed by atoms with E-state index >= 15 is 0 Å². The van der Waals surface area contributed by atoms with Crippen molar-refractivity contribution >= 4 is 23.2 Å². The van der Waals surface area contributed by atoms with E-state index < -0.39 is 5.41 Å². The summed E-state index contributed by atoms with van der Waals surface area (Å²) in [6.07, 6.45) is 0.723. The van der Waals surface area contributed by atoms with Gasteiger partial charge in [-0.3, -0.25) is 4.79 Å². The monoisotopic (exact) mass is 250 g/mol. The van der Waals surface area contributed by atoms with Crippen LogP contribution in [0.2, 0.25) is 5.02 Å². The summed E-state index contributed by atoms with van der Waals surface area (Å²) in [6.45, 7) is 5.67. The highest BCUT2D eigenvalue weighted by atomic mass is 35.5. The number of halogens is 1. The van der Waals surface area contributed by atoms with Crippen LogP contribution in [0.25, 0.3) is 0 Å². The zero-order valence-electron chi connectivity index (χ0n) is 10.2. The van der Waals surface area contributed by atoms with E-state index in [1.165, 1.54) is 0 Å². The van der Waals surface area contributed by atoms with Crippen LogP contribution in [0.15, 0.2) is 18.2 Å². The molecule has 0 aliphatic heterocycles. The van der Waals surface area contributed by atoms with Crippen molar-refractivity contribution < 1.29 is 4.79 Å². The van der Waals surface area contributed by atoms with Gasteiger partial charge in [-0.1, -0.05) is 32.4 Å². The minimum atomic E-state index is -0.463. The summed E-state index contributed by atoms with van der Waals surface area (Å²) in [5.41, 5.74) is 0.413. The van der Waals surface area contributed by atoms with Crippen molar-refractivity contribution in [3.05, 3.63) is 28.8 Å². The second kappa shape index (κ2) is 5.20. The molecule has 0 aliphatic rings. The van der Waals surface area contributed by atoms with Crippen molar-refractivity contribution in [1.82, 2.24) is 0 Å². The van der Waals surface area contributed by atoms with E-state index in [9.17, 15) is 4.79 Å². The molecule has 1 amide bonds. The summed E-state index contributed by atoms with van der Waals surface area (Å²) < 4.78 is 0. The van der Waals surface area contributed by atoms with Crippen molar-refractivity contribution in [2.75, 3.05) is 5.32 Å². The number of nitriles is 1. The van der Waals surface area contributed by atoms with Gasteiger partial charge in [-0.05, 0) is 24.6 Å². The number of nitrogens with one attached hydrogen (secondary N) is 1. The highest BCUT2D eigenvalue weighted by Gasteiger charge is 2.25. The third-order valence-corrected chi connectivity index (χ3v) is 3.08. The van der Waals surface area contributed by atoms with Crippen molar-refractivity contribution in [3.63, 3.8) is 0 Å². The molecule has 0 fully saturated rings. The van der Waals surface area contributed by atoms with E-state index in [0.717, 1.165) is 6.42 Å². The average Bonchev–Trinajstić information content (AvgIpc) is 2.29. The minimum absolute atomic E-state index is 0.112. The number of carbonyl (C=O) groups is 1. The van der Waals surface area contributed by atoms with Crippen molar-refractivity contribution in [2.24, 2.45) is 5.41 Å². The first kappa shape index (κ1) is 13.5. The summed E-state index contributed by atoms with van der Waals surface area (Å²) in [7, 11) is 0. The summed E-state index contributed by atoms with van der Waals surface area (Å²) in [5.74, 6) is -0.112. The maximum atomic E-state index is 12.0. The number of carbonyl (C=O) groups excluding carboxylic acids is 1. The van der Waals surface area contributed by atoms with Gasteiger partial charge in [-0.15, -0.1) is 0 Å². The number of rotatable bonds is 3. The Hall–Kier alpha value is -1.53. The molecule has 1 aromatic carbocycles. The van der Waals surface area contributed by atoms with E-state index in [2.05, 4.69) is 5.32 Å². The molecule has 1 N–H and O–H groups in total. The number of benzene rings is 1. The number of hydrogen-bond acceptors (Lipinski definition) is 2. The average molecular weight is 251 g/mol. The number of anilines is 1. The molecule has 0 saturated carbocycles. The molecule has 1 aromatic rings. The molecule has 3 nitrogen and oxygen atoms in total. The van der Waals surface area contributed by atoms with Crippen LogP contribution in [0, 0.1) is 16.7 Å². The summed E-state index contributed by atoms with van der Waals surface area (Å²) in [5, 5.41) is 12.2. The Bertz CT molecular complexity index is 475. The quantitative estimate of drug-likeness (QED) is 0.891. The van der Waals surface area contributed by atoms with Gasteiger partial charge in [0, 0.05) is 10.4 Å². The van der Waals surface area contributed by atoms with Gasteiger partial charge in [0.2, 0.25) is 5.91 Å². The van der Waals surface area contributed by atoms with Gasteiger partial charge in [0.25, 0.3) is 0 Å². The van der Waals surface area contributed by atoms with Crippen LogP contribution >= 0.6 is 11.6 Å². The Kier molecular flexibility index (Phi) is 4.14. The molecule has 0 atom stereocenters. The van der Waals surface area contributed by atoms with Gasteiger partial charge in [0.15, 0.2) is 0 Å². The molecule has 0 unspecified atom stereocenters. The Morgan fingerprint density at radius 1 is 1.53 bits per heavy atom. The summed E-state index contributed by atoms with van der Waals surface area (Å²) >= 11 is 5.84. The summed E-state index contributed by atoms with van der Waals surface area (Å²) in [6, 6.07) is 6.83. The molecule has 0 aliphatic carbocycles. The van der Waals surface area contributed by atoms with Crippen LogP contribution in [-0.2, 0) is 4.79 Å². The Balaban J connectivity index is 3.00. The molecule has 0 saturated heterocycles. The maximum absolute atomic E-state index is 12.0. The molecule has 0 bridgehead atoms. The summed E-state index contributed by atoms with van der Waals surface area (Å²) in [4.78, 5) is 12.0. The molecule has 4 heteroatoms. The Labute approximate surface area is 106 Å². The lowest BCUT2D eigenvalue weighted by molar-refractivity contribution is -0.124. The fourth-order valence-electron chi connectivity index (χ4n) is 1.17. The van der Waals surface area contributed by atoms with Crippen molar-refractivity contribution in [1.29, 1.82) is 5.26 Å². The second-order valence-corrected chi connectivity index (χ2v) is 4.93. The largest absolute Gasteiger partial charge is 0.324 e. The fourth-order valence-corrected chi connectivity index (χ4v) is 1.34. The van der Waals surface area contributed by atoms with E-state index in [0.29, 0.717) is 16.3 Å².